The molecule has 5 nitrogen and oxygen atoms in total. The molecule has 0 aromatic carbocycles. The van der Waals surface area contributed by atoms with Crippen molar-refractivity contribution in [2.75, 3.05) is 32.8 Å². The third kappa shape index (κ3) is 11.6. The average molecular weight is 466 g/mol. The molecule has 2 bridgehead atoms. The van der Waals surface area contributed by atoms with Crippen LogP contribution in [-0.4, -0.2) is 49.7 Å². The van der Waals surface area contributed by atoms with Crippen molar-refractivity contribution in [2.24, 2.45) is 23.7 Å². The van der Waals surface area contributed by atoms with Gasteiger partial charge in [-0.2, -0.15) is 0 Å². The topological polar surface area (TPSA) is 55.8 Å². The minimum Gasteiger partial charge on any atom is -0.466 e. The summed E-state index contributed by atoms with van der Waals surface area (Å²) in [5.41, 5.74) is 0. The van der Waals surface area contributed by atoms with Crippen molar-refractivity contribution in [3.63, 3.8) is 0 Å². The van der Waals surface area contributed by atoms with E-state index in [1.54, 1.807) is 45.4 Å². The summed E-state index contributed by atoms with van der Waals surface area (Å²) in [7, 11) is 0. The highest BCUT2D eigenvalue weighted by molar-refractivity contribution is 5.81. The monoisotopic (exact) mass is 465 g/mol. The lowest BCUT2D eigenvalue weighted by molar-refractivity contribution is -0.143. The maximum absolute atomic E-state index is 11.2. The highest BCUT2D eigenvalue weighted by Gasteiger charge is 2.48. The van der Waals surface area contributed by atoms with Crippen molar-refractivity contribution in [1.82, 2.24) is 4.90 Å². The fraction of sp³-hybridized carbons (Fsp3) is 0.857. The van der Waals surface area contributed by atoms with E-state index in [4.69, 9.17) is 4.74 Å². The number of rotatable bonds is 12. The van der Waals surface area contributed by atoms with Crippen molar-refractivity contribution in [1.29, 1.82) is 0 Å². The van der Waals surface area contributed by atoms with Crippen LogP contribution in [0.4, 0.5) is 0 Å². The molecule has 0 saturated heterocycles. The Morgan fingerprint density at radius 1 is 0.848 bits per heavy atom. The number of esters is 2. The van der Waals surface area contributed by atoms with Crippen molar-refractivity contribution >= 4 is 11.9 Å². The molecule has 0 radical (unpaired) electrons. The molecule has 4 atom stereocenters. The lowest BCUT2D eigenvalue weighted by Gasteiger charge is -2.23. The van der Waals surface area contributed by atoms with E-state index in [-0.39, 0.29) is 11.9 Å². The van der Waals surface area contributed by atoms with Gasteiger partial charge in [-0.15, -0.1) is 0 Å². The Kier molecular flexibility index (Phi) is 16.2. The van der Waals surface area contributed by atoms with Gasteiger partial charge in [-0.25, -0.2) is 4.79 Å². The quantitative estimate of drug-likeness (QED) is 0.246. The van der Waals surface area contributed by atoms with E-state index in [2.05, 4.69) is 30.1 Å². The molecule has 33 heavy (non-hydrogen) atoms. The van der Waals surface area contributed by atoms with E-state index in [0.29, 0.717) is 19.6 Å². The second kappa shape index (κ2) is 18.0. The Morgan fingerprint density at radius 3 is 1.82 bits per heavy atom. The highest BCUT2D eigenvalue weighted by atomic mass is 16.5. The Balaban J connectivity index is 0.000000270. The maximum Gasteiger partial charge on any atom is 0.330 e. The van der Waals surface area contributed by atoms with Crippen LogP contribution in [0, 0.1) is 23.7 Å². The molecule has 3 saturated carbocycles. The first-order valence-electron chi connectivity index (χ1n) is 13.7. The molecule has 3 rings (SSSR count). The zero-order chi connectivity index (χ0) is 24.5. The predicted octanol–water partition coefficient (Wildman–Crippen LogP) is 6.41. The van der Waals surface area contributed by atoms with Gasteiger partial charge in [0.1, 0.15) is 0 Å². The molecule has 0 aliphatic heterocycles. The van der Waals surface area contributed by atoms with Crippen LogP contribution in [0.15, 0.2) is 12.7 Å². The van der Waals surface area contributed by atoms with Crippen LogP contribution >= 0.6 is 0 Å². The standard InChI is InChI=1S/C13H27NO2.C10H16.C5H8O2/c1-4-7-10-14(11-8-5-2)12-9-13(15)16-6-3;1-2-9-7-4-5-8(6-7)10(9)3-1;1-3-5(6)7-4-2/h4-12H2,1-3H3;7-10H,1-6H2;3H,1,4H2,2H3. The number of carbonyl (C=O) groups excluding carboxylic acids is 2. The van der Waals surface area contributed by atoms with E-state index < -0.39 is 0 Å². The third-order valence-corrected chi connectivity index (χ3v) is 7.40. The van der Waals surface area contributed by atoms with Crippen LogP contribution < -0.4 is 0 Å². The zero-order valence-corrected chi connectivity index (χ0v) is 22.0. The molecular weight excluding hydrogens is 414 g/mol. The molecule has 0 aromatic rings. The molecular formula is C28H51NO4. The van der Waals surface area contributed by atoms with Crippen LogP contribution in [0.2, 0.25) is 0 Å². The van der Waals surface area contributed by atoms with E-state index >= 15 is 0 Å². The lowest BCUT2D eigenvalue weighted by atomic mass is 9.82. The highest BCUT2D eigenvalue weighted by Crippen LogP contribution is 2.58. The molecule has 3 aliphatic carbocycles. The summed E-state index contributed by atoms with van der Waals surface area (Å²) in [5, 5.41) is 0. The number of hydrogen-bond donors (Lipinski definition) is 0. The number of fused-ring (bicyclic) bond motifs is 5. The van der Waals surface area contributed by atoms with Crippen molar-refractivity contribution in [3.05, 3.63) is 12.7 Å². The van der Waals surface area contributed by atoms with E-state index in [0.717, 1.165) is 25.7 Å². The molecule has 0 aromatic heterocycles. The van der Waals surface area contributed by atoms with Crippen molar-refractivity contribution in [3.8, 4) is 0 Å². The van der Waals surface area contributed by atoms with Crippen LogP contribution in [0.5, 0.6) is 0 Å². The summed E-state index contributed by atoms with van der Waals surface area (Å²) in [6, 6.07) is 0. The smallest absolute Gasteiger partial charge is 0.330 e. The Hall–Kier alpha value is -1.36. The summed E-state index contributed by atoms with van der Waals surface area (Å²) >= 11 is 0. The molecule has 4 unspecified atom stereocenters. The summed E-state index contributed by atoms with van der Waals surface area (Å²) in [6.07, 6.45) is 16.1. The first-order chi connectivity index (χ1) is 16.0. The van der Waals surface area contributed by atoms with Gasteiger partial charge in [0, 0.05) is 12.6 Å². The van der Waals surface area contributed by atoms with Crippen LogP contribution in [0.25, 0.3) is 0 Å². The van der Waals surface area contributed by atoms with Gasteiger partial charge >= 0.3 is 11.9 Å². The molecule has 0 amide bonds. The summed E-state index contributed by atoms with van der Waals surface area (Å²) in [6.45, 7) is 15.2. The lowest BCUT2D eigenvalue weighted by Crippen LogP contribution is -2.29. The number of unbranched alkanes of at least 4 members (excludes halogenated alkanes) is 2. The van der Waals surface area contributed by atoms with Gasteiger partial charge in [0.2, 0.25) is 0 Å². The van der Waals surface area contributed by atoms with Gasteiger partial charge in [0.15, 0.2) is 0 Å². The van der Waals surface area contributed by atoms with Gasteiger partial charge < -0.3 is 14.4 Å². The molecule has 0 heterocycles. The van der Waals surface area contributed by atoms with Gasteiger partial charge in [0.05, 0.1) is 19.6 Å². The van der Waals surface area contributed by atoms with Crippen LogP contribution in [0.1, 0.15) is 98.3 Å². The largest absolute Gasteiger partial charge is 0.466 e. The number of carbonyl (C=O) groups is 2. The van der Waals surface area contributed by atoms with Gasteiger partial charge in [-0.3, -0.25) is 4.79 Å². The predicted molar refractivity (Wildman–Crippen MR) is 136 cm³/mol. The van der Waals surface area contributed by atoms with Crippen LogP contribution in [-0.2, 0) is 19.1 Å². The normalized spacial score (nSPS) is 24.3. The van der Waals surface area contributed by atoms with Crippen molar-refractivity contribution in [2.45, 2.75) is 98.3 Å². The Bertz CT molecular complexity index is 526. The summed E-state index contributed by atoms with van der Waals surface area (Å²) in [4.78, 5) is 23.7. The van der Waals surface area contributed by atoms with E-state index in [9.17, 15) is 9.59 Å². The second-order valence-corrected chi connectivity index (χ2v) is 9.65. The molecule has 3 fully saturated rings. The first-order valence-corrected chi connectivity index (χ1v) is 13.7. The number of hydrogen-bond acceptors (Lipinski definition) is 5. The SMILES string of the molecule is C1CC2C3CCC(C3)C2C1.C=CC(=O)OCC.CCCCN(CCCC)CCC(=O)OCC. The first kappa shape index (κ1) is 29.7. The average Bonchev–Trinajstić information content (AvgIpc) is 3.55. The zero-order valence-electron chi connectivity index (χ0n) is 22.0. The van der Waals surface area contributed by atoms with Gasteiger partial charge in [-0.1, -0.05) is 39.7 Å². The van der Waals surface area contributed by atoms with Gasteiger partial charge in [-0.05, 0) is 95.6 Å². The molecule has 0 N–H and O–H groups in total. The Morgan fingerprint density at radius 2 is 1.39 bits per heavy atom. The fourth-order valence-corrected chi connectivity index (χ4v) is 5.80. The third-order valence-electron chi connectivity index (χ3n) is 7.40. The maximum atomic E-state index is 11.2. The molecule has 192 valence electrons. The minimum atomic E-state index is -0.359. The number of nitrogens with zero attached hydrogens (tertiary/aromatic N) is 1. The molecule has 5 heteroatoms. The molecule has 0 spiro atoms. The minimum absolute atomic E-state index is 0.0690. The summed E-state index contributed by atoms with van der Waals surface area (Å²) < 4.78 is 9.37. The van der Waals surface area contributed by atoms with Gasteiger partial charge in [0.25, 0.3) is 0 Å². The summed E-state index contributed by atoms with van der Waals surface area (Å²) in [5.74, 6) is 4.37. The molecule has 3 aliphatic rings. The van der Waals surface area contributed by atoms with E-state index in [1.165, 1.54) is 49.4 Å². The second-order valence-electron chi connectivity index (χ2n) is 9.65. The van der Waals surface area contributed by atoms with Crippen molar-refractivity contribution < 1.29 is 19.1 Å². The number of ether oxygens (including phenoxy) is 2. The fourth-order valence-electron chi connectivity index (χ4n) is 5.80. The Labute approximate surface area is 203 Å². The van der Waals surface area contributed by atoms with Crippen LogP contribution in [0.3, 0.4) is 0 Å². The van der Waals surface area contributed by atoms with E-state index in [1.807, 2.05) is 6.92 Å².